The molecule has 0 amide bonds. The van der Waals surface area contributed by atoms with Crippen LogP contribution in [0.25, 0.3) is 0 Å². The van der Waals surface area contributed by atoms with Gasteiger partial charge in [-0.2, -0.15) is 5.10 Å². The van der Waals surface area contributed by atoms with Crippen LogP contribution in [-0.2, 0) is 7.05 Å². The molecule has 4 nitrogen and oxygen atoms in total. The quantitative estimate of drug-likeness (QED) is 0.787. The van der Waals surface area contributed by atoms with Gasteiger partial charge in [-0.15, -0.1) is 0 Å². The molecule has 0 unspecified atom stereocenters. The minimum atomic E-state index is -0.153. The number of carbonyl (C=O) groups excluding carboxylic acids is 1. The Labute approximate surface area is 109 Å². The van der Waals surface area contributed by atoms with Gasteiger partial charge in [-0.05, 0) is 44.0 Å². The largest absolute Gasteiger partial charge is 0.285 e. The fraction of sp³-hybridized carbons (Fsp3) is 0.100. The van der Waals surface area contributed by atoms with Crippen LogP contribution in [0.5, 0.6) is 0 Å². The first-order chi connectivity index (χ1) is 7.59. The average molecular weight is 345 g/mol. The summed E-state index contributed by atoms with van der Waals surface area (Å²) in [5.41, 5.74) is 0.891. The number of ketones is 1. The van der Waals surface area contributed by atoms with Gasteiger partial charge in [0.2, 0.25) is 5.78 Å². The summed E-state index contributed by atoms with van der Waals surface area (Å²) in [6.45, 7) is 0. The number of aromatic nitrogens is 3. The Morgan fingerprint density at radius 1 is 1.31 bits per heavy atom. The summed E-state index contributed by atoms with van der Waals surface area (Å²) >= 11 is 6.56. The number of aryl methyl sites for hydroxylation is 1. The summed E-state index contributed by atoms with van der Waals surface area (Å²) in [5.74, 6) is -0.153. The maximum Gasteiger partial charge on any atom is 0.230 e. The van der Waals surface area contributed by atoms with Crippen molar-refractivity contribution in [2.45, 2.75) is 0 Å². The van der Waals surface area contributed by atoms with Crippen LogP contribution in [0, 0.1) is 0 Å². The van der Waals surface area contributed by atoms with E-state index in [1.54, 1.807) is 31.6 Å². The summed E-state index contributed by atoms with van der Waals surface area (Å²) in [6.07, 6.45) is 3.18. The molecule has 0 aromatic carbocycles. The van der Waals surface area contributed by atoms with Crippen LogP contribution in [0.2, 0.25) is 0 Å². The Balaban J connectivity index is 2.43. The van der Waals surface area contributed by atoms with E-state index in [0.29, 0.717) is 15.9 Å². The third kappa shape index (κ3) is 2.08. The number of nitrogens with zero attached hydrogens (tertiary/aromatic N) is 3. The second-order valence-corrected chi connectivity index (χ2v) is 4.93. The minimum absolute atomic E-state index is 0.153. The Bertz CT molecular complexity index is 514. The van der Waals surface area contributed by atoms with E-state index in [4.69, 9.17) is 0 Å². The summed E-state index contributed by atoms with van der Waals surface area (Å²) in [5, 5.41) is 3.99. The average Bonchev–Trinajstić information content (AvgIpc) is 2.59. The first-order valence-electron chi connectivity index (χ1n) is 4.43. The van der Waals surface area contributed by atoms with E-state index in [2.05, 4.69) is 41.9 Å². The predicted molar refractivity (Wildman–Crippen MR) is 66.3 cm³/mol. The molecule has 0 aliphatic heterocycles. The lowest BCUT2D eigenvalue weighted by molar-refractivity contribution is 0.102. The number of hydrogen-bond acceptors (Lipinski definition) is 3. The molecular weight excluding hydrogens is 338 g/mol. The van der Waals surface area contributed by atoms with Crippen LogP contribution in [0.3, 0.4) is 0 Å². The molecule has 0 aliphatic rings. The van der Waals surface area contributed by atoms with E-state index in [1.807, 2.05) is 0 Å². The highest BCUT2D eigenvalue weighted by Gasteiger charge is 2.17. The molecule has 0 N–H and O–H groups in total. The zero-order chi connectivity index (χ0) is 11.7. The van der Waals surface area contributed by atoms with Crippen molar-refractivity contribution < 1.29 is 4.79 Å². The van der Waals surface area contributed by atoms with Crippen molar-refractivity contribution in [1.29, 1.82) is 0 Å². The van der Waals surface area contributed by atoms with Gasteiger partial charge in [0, 0.05) is 17.7 Å². The lowest BCUT2D eigenvalue weighted by Crippen LogP contribution is -2.10. The van der Waals surface area contributed by atoms with E-state index in [0.717, 1.165) is 4.47 Å². The summed E-state index contributed by atoms with van der Waals surface area (Å²) in [7, 11) is 1.72. The van der Waals surface area contributed by atoms with Gasteiger partial charge < -0.3 is 0 Å². The van der Waals surface area contributed by atoms with Crippen LogP contribution in [0.4, 0.5) is 0 Å². The van der Waals surface area contributed by atoms with Gasteiger partial charge in [-0.1, -0.05) is 0 Å². The molecule has 0 saturated carbocycles. The Morgan fingerprint density at radius 3 is 2.56 bits per heavy atom. The van der Waals surface area contributed by atoms with Crippen molar-refractivity contribution in [3.8, 4) is 0 Å². The van der Waals surface area contributed by atoms with E-state index in [-0.39, 0.29) is 5.78 Å². The molecule has 0 saturated heterocycles. The zero-order valence-corrected chi connectivity index (χ0v) is 11.5. The lowest BCUT2D eigenvalue weighted by Gasteiger charge is -2.01. The summed E-state index contributed by atoms with van der Waals surface area (Å²) in [6, 6.07) is 3.45. The molecule has 0 fully saturated rings. The van der Waals surface area contributed by atoms with Crippen molar-refractivity contribution in [1.82, 2.24) is 14.8 Å². The van der Waals surface area contributed by atoms with Crippen molar-refractivity contribution in [3.63, 3.8) is 0 Å². The topological polar surface area (TPSA) is 47.8 Å². The van der Waals surface area contributed by atoms with Crippen molar-refractivity contribution >= 4 is 37.6 Å². The van der Waals surface area contributed by atoms with Gasteiger partial charge in [0.15, 0.2) is 0 Å². The summed E-state index contributed by atoms with van der Waals surface area (Å²) < 4.78 is 3.04. The molecule has 0 bridgehead atoms. The number of rotatable bonds is 2. The third-order valence-corrected chi connectivity index (χ3v) is 3.12. The Kier molecular flexibility index (Phi) is 3.20. The molecule has 16 heavy (non-hydrogen) atoms. The Hall–Kier alpha value is -1.01. The molecule has 0 radical (unpaired) electrons. The molecule has 2 heterocycles. The number of hydrogen-bond donors (Lipinski definition) is 0. The van der Waals surface area contributed by atoms with E-state index >= 15 is 0 Å². The molecular formula is C10H7Br2N3O. The van der Waals surface area contributed by atoms with Gasteiger partial charge in [-0.25, -0.2) is 0 Å². The number of carbonyl (C=O) groups is 1. The maximum atomic E-state index is 12.1. The van der Waals surface area contributed by atoms with Crippen molar-refractivity contribution in [2.75, 3.05) is 0 Å². The van der Waals surface area contributed by atoms with Crippen LogP contribution < -0.4 is 0 Å². The summed E-state index contributed by atoms with van der Waals surface area (Å²) in [4.78, 5) is 16.1. The van der Waals surface area contributed by atoms with Gasteiger partial charge in [-0.3, -0.25) is 14.5 Å². The molecule has 6 heteroatoms. The molecule has 0 atom stereocenters. The molecule has 0 spiro atoms. The van der Waals surface area contributed by atoms with Gasteiger partial charge in [0.05, 0.1) is 10.7 Å². The monoisotopic (exact) mass is 343 g/mol. The van der Waals surface area contributed by atoms with E-state index < -0.39 is 0 Å². The molecule has 2 aromatic rings. The van der Waals surface area contributed by atoms with E-state index in [1.165, 1.54) is 4.68 Å². The van der Waals surface area contributed by atoms with Gasteiger partial charge in [0.25, 0.3) is 0 Å². The van der Waals surface area contributed by atoms with Gasteiger partial charge in [0.1, 0.15) is 11.4 Å². The second kappa shape index (κ2) is 4.47. The highest BCUT2D eigenvalue weighted by atomic mass is 79.9. The lowest BCUT2D eigenvalue weighted by atomic mass is 10.2. The van der Waals surface area contributed by atoms with Gasteiger partial charge >= 0.3 is 0 Å². The number of pyridine rings is 1. The molecule has 0 aliphatic carbocycles. The number of halogens is 2. The predicted octanol–water partition coefficient (Wildman–Crippen LogP) is 2.57. The van der Waals surface area contributed by atoms with Crippen molar-refractivity contribution in [3.05, 3.63) is 44.9 Å². The Morgan fingerprint density at radius 2 is 2.06 bits per heavy atom. The standard InChI is InChI=1S/C10H7Br2N3O/c1-15-9(7(12)5-14-15)10(16)8-3-2-6(11)4-13-8/h2-5H,1H3. The smallest absolute Gasteiger partial charge is 0.230 e. The fourth-order valence-corrected chi connectivity index (χ4v) is 2.06. The van der Waals surface area contributed by atoms with Crippen molar-refractivity contribution in [2.24, 2.45) is 7.05 Å². The zero-order valence-electron chi connectivity index (χ0n) is 8.32. The molecule has 82 valence electrons. The van der Waals surface area contributed by atoms with Crippen LogP contribution in [-0.4, -0.2) is 20.5 Å². The third-order valence-electron chi connectivity index (χ3n) is 2.07. The first-order valence-corrected chi connectivity index (χ1v) is 6.02. The van der Waals surface area contributed by atoms with Crippen LogP contribution in [0.1, 0.15) is 16.2 Å². The minimum Gasteiger partial charge on any atom is -0.285 e. The highest BCUT2D eigenvalue weighted by Crippen LogP contribution is 2.18. The fourth-order valence-electron chi connectivity index (χ4n) is 1.30. The van der Waals surface area contributed by atoms with Crippen LogP contribution in [0.15, 0.2) is 33.5 Å². The second-order valence-electron chi connectivity index (χ2n) is 3.16. The highest BCUT2D eigenvalue weighted by molar-refractivity contribution is 9.10. The SMILES string of the molecule is Cn1ncc(Br)c1C(=O)c1ccc(Br)cn1. The van der Waals surface area contributed by atoms with E-state index in [9.17, 15) is 4.79 Å². The first kappa shape index (κ1) is 11.5. The molecule has 2 aromatic heterocycles. The molecule has 2 rings (SSSR count). The van der Waals surface area contributed by atoms with Crippen LogP contribution >= 0.6 is 31.9 Å². The normalized spacial score (nSPS) is 10.4. The maximum absolute atomic E-state index is 12.1.